The van der Waals surface area contributed by atoms with E-state index in [1.165, 1.54) is 0 Å². The van der Waals surface area contributed by atoms with Crippen LogP contribution in [0.1, 0.15) is 5.56 Å². The van der Waals surface area contributed by atoms with Crippen molar-refractivity contribution in [1.82, 2.24) is 0 Å². The summed E-state index contributed by atoms with van der Waals surface area (Å²) in [6.45, 7) is 2.95. The largest absolute Gasteiger partial charge is 0.486 e. The van der Waals surface area contributed by atoms with Crippen LogP contribution in [0.4, 0.5) is 17.1 Å². The molecule has 6 nitrogen and oxygen atoms in total. The van der Waals surface area contributed by atoms with E-state index in [0.29, 0.717) is 24.7 Å². The van der Waals surface area contributed by atoms with Crippen molar-refractivity contribution in [3.05, 3.63) is 72.3 Å². The van der Waals surface area contributed by atoms with E-state index in [4.69, 9.17) is 9.47 Å². The van der Waals surface area contributed by atoms with Gasteiger partial charge in [-0.25, -0.2) is 8.42 Å². The number of hydrogen-bond acceptors (Lipinski definition) is 5. The Bertz CT molecular complexity index is 1100. The normalized spacial score (nSPS) is 13.0. The molecule has 0 aromatic heterocycles. The fourth-order valence-corrected chi connectivity index (χ4v) is 4.07. The van der Waals surface area contributed by atoms with Gasteiger partial charge >= 0.3 is 0 Å². The van der Waals surface area contributed by atoms with Gasteiger partial charge in [0, 0.05) is 23.1 Å². The van der Waals surface area contributed by atoms with E-state index in [9.17, 15) is 8.42 Å². The molecule has 1 aliphatic heterocycles. The summed E-state index contributed by atoms with van der Waals surface area (Å²) >= 11 is 0. The summed E-state index contributed by atoms with van der Waals surface area (Å²) in [7, 11) is -3.62. The second-order valence-corrected chi connectivity index (χ2v) is 8.17. The van der Waals surface area contributed by atoms with Crippen LogP contribution >= 0.6 is 0 Å². The molecule has 0 saturated heterocycles. The van der Waals surface area contributed by atoms with Crippen molar-refractivity contribution < 1.29 is 17.9 Å². The first-order valence-corrected chi connectivity index (χ1v) is 10.3. The highest BCUT2D eigenvalue weighted by Crippen LogP contribution is 2.33. The quantitative estimate of drug-likeness (QED) is 0.672. The van der Waals surface area contributed by atoms with Crippen molar-refractivity contribution in [2.45, 2.75) is 11.8 Å². The molecule has 0 unspecified atom stereocenters. The maximum atomic E-state index is 12.5. The molecule has 144 valence electrons. The lowest BCUT2D eigenvalue weighted by atomic mass is 10.2. The molecule has 0 radical (unpaired) electrons. The van der Waals surface area contributed by atoms with E-state index >= 15 is 0 Å². The summed E-state index contributed by atoms with van der Waals surface area (Å²) in [6.07, 6.45) is 0. The number of fused-ring (bicyclic) bond motifs is 1. The molecule has 3 aromatic rings. The fourth-order valence-electron chi connectivity index (χ4n) is 2.91. The Morgan fingerprint density at radius 1 is 0.786 bits per heavy atom. The number of nitrogens with one attached hydrogen (secondary N) is 2. The Labute approximate surface area is 164 Å². The summed E-state index contributed by atoms with van der Waals surface area (Å²) in [5.41, 5.74) is 3.07. The summed E-state index contributed by atoms with van der Waals surface area (Å²) in [6, 6.07) is 19.5. The molecule has 4 rings (SSSR count). The predicted molar refractivity (Wildman–Crippen MR) is 109 cm³/mol. The van der Waals surface area contributed by atoms with E-state index in [2.05, 4.69) is 10.0 Å². The van der Waals surface area contributed by atoms with Crippen molar-refractivity contribution in [3.63, 3.8) is 0 Å². The zero-order valence-electron chi connectivity index (χ0n) is 15.3. The molecule has 3 aromatic carbocycles. The van der Waals surface area contributed by atoms with E-state index < -0.39 is 10.0 Å². The predicted octanol–water partition coefficient (Wildman–Crippen LogP) is 4.31. The van der Waals surface area contributed by atoms with Gasteiger partial charge in [-0.3, -0.25) is 4.72 Å². The first-order chi connectivity index (χ1) is 13.5. The molecule has 1 heterocycles. The van der Waals surface area contributed by atoms with Gasteiger partial charge in [-0.2, -0.15) is 0 Å². The van der Waals surface area contributed by atoms with Crippen molar-refractivity contribution in [2.75, 3.05) is 23.3 Å². The van der Waals surface area contributed by atoms with Gasteiger partial charge in [0.25, 0.3) is 10.0 Å². The lowest BCUT2D eigenvalue weighted by Gasteiger charge is -2.19. The van der Waals surface area contributed by atoms with Crippen LogP contribution in [-0.2, 0) is 10.0 Å². The Kier molecular flexibility index (Phi) is 4.83. The zero-order chi connectivity index (χ0) is 19.6. The molecule has 0 aliphatic carbocycles. The number of ether oxygens (including phenoxy) is 2. The Morgan fingerprint density at radius 3 is 2.21 bits per heavy atom. The second kappa shape index (κ2) is 7.44. The van der Waals surface area contributed by atoms with Crippen LogP contribution in [0.25, 0.3) is 0 Å². The van der Waals surface area contributed by atoms with Gasteiger partial charge in [-0.1, -0.05) is 12.1 Å². The number of rotatable bonds is 5. The molecule has 7 heteroatoms. The number of benzene rings is 3. The van der Waals surface area contributed by atoms with E-state index in [0.717, 1.165) is 22.7 Å². The van der Waals surface area contributed by atoms with Crippen LogP contribution < -0.4 is 19.5 Å². The van der Waals surface area contributed by atoms with Crippen molar-refractivity contribution >= 4 is 27.1 Å². The van der Waals surface area contributed by atoms with Crippen LogP contribution in [0.2, 0.25) is 0 Å². The Morgan fingerprint density at radius 2 is 1.46 bits per heavy atom. The van der Waals surface area contributed by atoms with Crippen molar-refractivity contribution in [2.24, 2.45) is 0 Å². The molecule has 28 heavy (non-hydrogen) atoms. The maximum absolute atomic E-state index is 12.5. The van der Waals surface area contributed by atoms with E-state index in [-0.39, 0.29) is 4.90 Å². The summed E-state index contributed by atoms with van der Waals surface area (Å²) in [4.78, 5) is 0.242. The molecule has 0 fully saturated rings. The topological polar surface area (TPSA) is 76.7 Å². The van der Waals surface area contributed by atoms with Gasteiger partial charge in [0.2, 0.25) is 0 Å². The standard InChI is InChI=1S/C21H20N2O4S/c1-15-3-2-4-19(13-15)28(24,25)23-17-7-5-16(6-8-17)22-18-9-10-20-21(14-18)27-12-11-26-20/h2-10,13-14,22-23H,11-12H2,1H3. The minimum Gasteiger partial charge on any atom is -0.486 e. The van der Waals surface area contributed by atoms with Gasteiger partial charge in [-0.15, -0.1) is 0 Å². The third-order valence-electron chi connectivity index (χ3n) is 4.27. The van der Waals surface area contributed by atoms with Crippen LogP contribution in [0.15, 0.2) is 71.6 Å². The number of sulfonamides is 1. The van der Waals surface area contributed by atoms with Gasteiger partial charge in [0.1, 0.15) is 13.2 Å². The van der Waals surface area contributed by atoms with Crippen LogP contribution in [0.3, 0.4) is 0 Å². The highest BCUT2D eigenvalue weighted by atomic mass is 32.2. The highest BCUT2D eigenvalue weighted by Gasteiger charge is 2.14. The first kappa shape index (κ1) is 18.2. The van der Waals surface area contributed by atoms with Gasteiger partial charge < -0.3 is 14.8 Å². The van der Waals surface area contributed by atoms with Gasteiger partial charge in [0.05, 0.1) is 4.90 Å². The minimum atomic E-state index is -3.62. The van der Waals surface area contributed by atoms with E-state index in [1.54, 1.807) is 30.3 Å². The van der Waals surface area contributed by atoms with Crippen molar-refractivity contribution in [1.29, 1.82) is 0 Å². The Hall–Kier alpha value is -3.19. The fraction of sp³-hybridized carbons (Fsp3) is 0.143. The molecule has 0 bridgehead atoms. The minimum absolute atomic E-state index is 0.242. The zero-order valence-corrected chi connectivity index (χ0v) is 16.1. The van der Waals surface area contributed by atoms with Crippen molar-refractivity contribution in [3.8, 4) is 11.5 Å². The number of anilines is 3. The average Bonchev–Trinajstić information content (AvgIpc) is 2.69. The summed E-state index contributed by atoms with van der Waals surface area (Å²) in [5.74, 6) is 1.44. The monoisotopic (exact) mass is 396 g/mol. The molecule has 0 amide bonds. The van der Waals surface area contributed by atoms with Gasteiger partial charge in [0.15, 0.2) is 11.5 Å². The smallest absolute Gasteiger partial charge is 0.261 e. The summed E-state index contributed by atoms with van der Waals surface area (Å²) in [5, 5.41) is 3.27. The SMILES string of the molecule is Cc1cccc(S(=O)(=O)Nc2ccc(Nc3ccc4c(c3)OCCO4)cc2)c1. The lowest BCUT2D eigenvalue weighted by molar-refractivity contribution is 0.171. The second-order valence-electron chi connectivity index (χ2n) is 6.48. The van der Waals surface area contributed by atoms with Gasteiger partial charge in [-0.05, 0) is 61.0 Å². The molecular weight excluding hydrogens is 376 g/mol. The molecule has 0 spiro atoms. The number of aryl methyl sites for hydroxylation is 1. The number of hydrogen-bond donors (Lipinski definition) is 2. The summed E-state index contributed by atoms with van der Waals surface area (Å²) < 4.78 is 38.7. The third-order valence-corrected chi connectivity index (χ3v) is 5.65. The molecule has 1 aliphatic rings. The van der Waals surface area contributed by atoms with Crippen LogP contribution in [0.5, 0.6) is 11.5 Å². The molecular formula is C21H20N2O4S. The first-order valence-electron chi connectivity index (χ1n) is 8.86. The highest BCUT2D eigenvalue weighted by molar-refractivity contribution is 7.92. The molecule has 0 atom stereocenters. The third kappa shape index (κ3) is 4.04. The molecule has 2 N–H and O–H groups in total. The maximum Gasteiger partial charge on any atom is 0.261 e. The lowest BCUT2D eigenvalue weighted by Crippen LogP contribution is -2.15. The average molecular weight is 396 g/mol. The Balaban J connectivity index is 1.47. The van der Waals surface area contributed by atoms with Crippen LogP contribution in [0, 0.1) is 6.92 Å². The van der Waals surface area contributed by atoms with E-state index in [1.807, 2.05) is 43.3 Å². The molecule has 0 saturated carbocycles. The van der Waals surface area contributed by atoms with Crippen LogP contribution in [-0.4, -0.2) is 21.6 Å².